The number of para-hydroxylation sites is 1. The van der Waals surface area contributed by atoms with Gasteiger partial charge in [-0.05, 0) is 42.0 Å². The van der Waals surface area contributed by atoms with E-state index in [0.29, 0.717) is 23.5 Å². The molecular formula is C23H21NO4S. The lowest BCUT2D eigenvalue weighted by molar-refractivity contribution is 0.373. The number of phenols is 2. The van der Waals surface area contributed by atoms with E-state index in [0.717, 1.165) is 21.9 Å². The lowest BCUT2D eigenvalue weighted by Crippen LogP contribution is -2.06. The summed E-state index contributed by atoms with van der Waals surface area (Å²) < 4.78 is 10.4. The second kappa shape index (κ2) is 8.09. The molecule has 1 aliphatic heterocycles. The molecule has 0 saturated carbocycles. The Morgan fingerprint density at radius 3 is 2.48 bits per heavy atom. The van der Waals surface area contributed by atoms with Crippen molar-refractivity contribution in [3.63, 3.8) is 0 Å². The van der Waals surface area contributed by atoms with Gasteiger partial charge in [0.25, 0.3) is 0 Å². The largest absolute Gasteiger partial charge is 0.507 e. The van der Waals surface area contributed by atoms with Crippen LogP contribution in [0.4, 0.5) is 5.69 Å². The van der Waals surface area contributed by atoms with Gasteiger partial charge >= 0.3 is 0 Å². The molecule has 4 rings (SSSR count). The van der Waals surface area contributed by atoms with E-state index in [-0.39, 0.29) is 16.7 Å². The van der Waals surface area contributed by atoms with Gasteiger partial charge < -0.3 is 19.7 Å². The average Bonchev–Trinajstić information content (AvgIpc) is 2.93. The van der Waals surface area contributed by atoms with Crippen molar-refractivity contribution in [2.75, 3.05) is 14.2 Å². The van der Waals surface area contributed by atoms with Crippen molar-refractivity contribution >= 4 is 23.2 Å². The zero-order valence-electron chi connectivity index (χ0n) is 16.1. The van der Waals surface area contributed by atoms with Gasteiger partial charge in [-0.3, -0.25) is 4.99 Å². The number of benzene rings is 3. The molecule has 0 spiro atoms. The first-order valence-electron chi connectivity index (χ1n) is 9.16. The highest BCUT2D eigenvalue weighted by Crippen LogP contribution is 2.47. The smallest absolute Gasteiger partial charge is 0.160 e. The number of fused-ring (bicyclic) bond motifs is 1. The van der Waals surface area contributed by atoms with Gasteiger partial charge in [-0.2, -0.15) is 0 Å². The number of methoxy groups -OCH3 is 2. The zero-order valence-corrected chi connectivity index (χ0v) is 16.9. The molecule has 5 nitrogen and oxygen atoms in total. The number of rotatable bonds is 4. The highest BCUT2D eigenvalue weighted by molar-refractivity contribution is 7.99. The van der Waals surface area contributed by atoms with E-state index >= 15 is 0 Å². The fourth-order valence-electron chi connectivity index (χ4n) is 3.36. The van der Waals surface area contributed by atoms with Crippen molar-refractivity contribution in [3.8, 4) is 23.0 Å². The third-order valence-corrected chi connectivity index (χ3v) is 6.18. The number of aliphatic imine (C=N–C) groups is 1. The average molecular weight is 407 g/mol. The van der Waals surface area contributed by atoms with Crippen LogP contribution >= 0.6 is 11.8 Å². The molecular weight excluding hydrogens is 386 g/mol. The summed E-state index contributed by atoms with van der Waals surface area (Å²) in [4.78, 5) is 5.92. The molecule has 0 radical (unpaired) electrons. The minimum Gasteiger partial charge on any atom is -0.507 e. The van der Waals surface area contributed by atoms with Gasteiger partial charge in [-0.1, -0.05) is 18.2 Å². The number of aromatic hydroxyl groups is 2. The Bertz CT molecular complexity index is 1080. The molecule has 3 aromatic rings. The summed E-state index contributed by atoms with van der Waals surface area (Å²) in [6.07, 6.45) is 0.588. The van der Waals surface area contributed by atoms with Gasteiger partial charge in [0.1, 0.15) is 11.5 Å². The quantitative estimate of drug-likeness (QED) is 0.600. The van der Waals surface area contributed by atoms with E-state index in [1.807, 2.05) is 42.5 Å². The number of nitrogens with zero attached hydrogens (tertiary/aromatic N) is 1. The second-order valence-electron chi connectivity index (χ2n) is 6.65. The maximum absolute atomic E-state index is 10.6. The van der Waals surface area contributed by atoms with E-state index in [2.05, 4.69) is 0 Å². The first-order valence-corrected chi connectivity index (χ1v) is 10.0. The monoisotopic (exact) mass is 407 g/mol. The number of hydrogen-bond donors (Lipinski definition) is 2. The summed E-state index contributed by atoms with van der Waals surface area (Å²) in [5, 5.41) is 20.8. The van der Waals surface area contributed by atoms with Crippen molar-refractivity contribution in [2.24, 2.45) is 4.99 Å². The van der Waals surface area contributed by atoms with Crippen molar-refractivity contribution in [3.05, 3.63) is 71.8 Å². The normalized spacial score (nSPS) is 15.8. The Labute approximate surface area is 173 Å². The van der Waals surface area contributed by atoms with Crippen molar-refractivity contribution < 1.29 is 19.7 Å². The molecule has 6 heteroatoms. The molecule has 1 aliphatic rings. The maximum atomic E-state index is 10.6. The van der Waals surface area contributed by atoms with Gasteiger partial charge in [0.05, 0.1) is 25.6 Å². The molecule has 3 aromatic carbocycles. The molecule has 0 aliphatic carbocycles. The fourth-order valence-corrected chi connectivity index (χ4v) is 4.58. The van der Waals surface area contributed by atoms with Crippen LogP contribution in [0.1, 0.15) is 22.8 Å². The predicted octanol–water partition coefficient (Wildman–Crippen LogP) is 5.47. The molecule has 1 heterocycles. The molecule has 1 unspecified atom stereocenters. The predicted molar refractivity (Wildman–Crippen MR) is 115 cm³/mol. The van der Waals surface area contributed by atoms with Crippen LogP contribution in [0, 0.1) is 0 Å². The highest BCUT2D eigenvalue weighted by Gasteiger charge is 2.24. The Balaban J connectivity index is 1.79. The van der Waals surface area contributed by atoms with Crippen LogP contribution in [0.25, 0.3) is 0 Å². The summed E-state index contributed by atoms with van der Waals surface area (Å²) in [5.41, 5.74) is 3.28. The van der Waals surface area contributed by atoms with Crippen LogP contribution < -0.4 is 9.47 Å². The zero-order chi connectivity index (χ0) is 20.4. The van der Waals surface area contributed by atoms with E-state index in [9.17, 15) is 10.2 Å². The topological polar surface area (TPSA) is 71.3 Å². The molecule has 148 valence electrons. The summed E-state index contributed by atoms with van der Waals surface area (Å²) in [6.45, 7) is 0. The van der Waals surface area contributed by atoms with E-state index < -0.39 is 0 Å². The Hall–Kier alpha value is -3.12. The van der Waals surface area contributed by atoms with Gasteiger partial charge in [-0.25, -0.2) is 0 Å². The minimum atomic E-state index is 0.00991. The van der Waals surface area contributed by atoms with Crippen LogP contribution in [0.3, 0.4) is 0 Å². The lowest BCUT2D eigenvalue weighted by atomic mass is 10.00. The van der Waals surface area contributed by atoms with Crippen molar-refractivity contribution in [1.29, 1.82) is 0 Å². The number of ether oxygens (including phenoxy) is 2. The van der Waals surface area contributed by atoms with Crippen LogP contribution in [0.5, 0.6) is 23.0 Å². The molecule has 0 saturated heterocycles. The first kappa shape index (κ1) is 19.2. The van der Waals surface area contributed by atoms with E-state index in [4.69, 9.17) is 14.5 Å². The van der Waals surface area contributed by atoms with Gasteiger partial charge in [-0.15, -0.1) is 11.8 Å². The SMILES string of the molecule is COc1ccc(C2=Nc3ccccc3SC(c3ccc(OC)c(O)c3)C2)c(O)c1. The highest BCUT2D eigenvalue weighted by atomic mass is 32.2. The number of thioether (sulfide) groups is 1. The van der Waals surface area contributed by atoms with Crippen LogP contribution in [-0.4, -0.2) is 30.1 Å². The second-order valence-corrected chi connectivity index (χ2v) is 7.90. The number of phenolic OH excluding ortho intramolecular Hbond substituents is 2. The van der Waals surface area contributed by atoms with E-state index in [1.165, 1.54) is 7.11 Å². The van der Waals surface area contributed by atoms with Crippen molar-refractivity contribution in [2.45, 2.75) is 16.6 Å². The Kier molecular flexibility index (Phi) is 5.36. The molecule has 0 aromatic heterocycles. The van der Waals surface area contributed by atoms with Gasteiger partial charge in [0.2, 0.25) is 0 Å². The minimum absolute atomic E-state index is 0.00991. The third-order valence-electron chi connectivity index (χ3n) is 4.86. The Morgan fingerprint density at radius 2 is 1.76 bits per heavy atom. The summed E-state index contributed by atoms with van der Waals surface area (Å²) in [6, 6.07) is 18.6. The van der Waals surface area contributed by atoms with Crippen LogP contribution in [-0.2, 0) is 0 Å². The molecule has 0 fully saturated rings. The summed E-state index contributed by atoms with van der Waals surface area (Å²) >= 11 is 1.69. The summed E-state index contributed by atoms with van der Waals surface area (Å²) in [7, 11) is 3.10. The summed E-state index contributed by atoms with van der Waals surface area (Å²) in [5.74, 6) is 1.26. The fraction of sp³-hybridized carbons (Fsp3) is 0.174. The maximum Gasteiger partial charge on any atom is 0.160 e. The molecule has 2 N–H and O–H groups in total. The third kappa shape index (κ3) is 3.89. The van der Waals surface area contributed by atoms with E-state index in [1.54, 1.807) is 37.1 Å². The standard InChI is InChI=1S/C23H21NO4S/c1-27-15-8-9-16(19(25)12-15)18-13-23(14-7-10-21(28-2)20(26)11-14)29-22-6-4-3-5-17(22)24-18/h3-12,23,25-26H,13H2,1-2H3. The molecule has 0 amide bonds. The lowest BCUT2D eigenvalue weighted by Gasteiger charge is -2.17. The van der Waals surface area contributed by atoms with Crippen LogP contribution in [0.2, 0.25) is 0 Å². The van der Waals surface area contributed by atoms with Gasteiger partial charge in [0.15, 0.2) is 11.5 Å². The Morgan fingerprint density at radius 1 is 0.931 bits per heavy atom. The first-order chi connectivity index (χ1) is 14.1. The molecule has 1 atom stereocenters. The van der Waals surface area contributed by atoms with Gasteiger partial charge in [0, 0.05) is 28.2 Å². The molecule has 29 heavy (non-hydrogen) atoms. The van der Waals surface area contributed by atoms with Crippen LogP contribution in [0.15, 0.2) is 70.6 Å². The molecule has 0 bridgehead atoms. The van der Waals surface area contributed by atoms with Crippen molar-refractivity contribution in [1.82, 2.24) is 0 Å². The number of hydrogen-bond acceptors (Lipinski definition) is 6.